The third-order valence-corrected chi connectivity index (χ3v) is 7.80. The molecule has 0 saturated carbocycles. The average Bonchev–Trinajstić information content (AvgIpc) is 3.15. The maximum Gasteiger partial charge on any atom is 0.164 e. The van der Waals surface area contributed by atoms with Crippen LogP contribution in [0, 0.1) is 0 Å². The number of benzene rings is 6. The van der Waals surface area contributed by atoms with Crippen LogP contribution < -0.4 is 0 Å². The Morgan fingerprint density at radius 2 is 0.478 bits per heavy atom. The zero-order valence-electron chi connectivity index (χ0n) is 24.7. The fourth-order valence-electron chi connectivity index (χ4n) is 5.56. The normalized spacial score (nSPS) is 11.0. The molecule has 0 aliphatic carbocycles. The zero-order valence-corrected chi connectivity index (χ0v) is 24.7. The van der Waals surface area contributed by atoms with Crippen LogP contribution in [0.4, 0.5) is 0 Å². The molecule has 2 aromatic heterocycles. The van der Waals surface area contributed by atoms with Crippen molar-refractivity contribution >= 4 is 10.8 Å². The quantitative estimate of drug-likeness (QED) is 0.192. The van der Waals surface area contributed by atoms with Crippen molar-refractivity contribution in [1.29, 1.82) is 0 Å². The van der Waals surface area contributed by atoms with Gasteiger partial charge >= 0.3 is 0 Å². The topological polar surface area (TPSA) is 77.3 Å². The molecule has 6 nitrogen and oxygen atoms in total. The summed E-state index contributed by atoms with van der Waals surface area (Å²) < 4.78 is 0. The standard InChI is InChI=1S/C40H26N6/c1-5-15-27(16-6-1)35-41-36(28-17-7-2-8-18-28)44-39(43-35)33-25-13-24-32-31(33)23-14-26-34(32)40-45-37(29-19-9-3-10-20-29)42-38(46-40)30-21-11-4-12-22-30/h1-26H. The van der Waals surface area contributed by atoms with Gasteiger partial charge in [0.15, 0.2) is 34.9 Å². The van der Waals surface area contributed by atoms with Crippen molar-refractivity contribution in [1.82, 2.24) is 29.9 Å². The zero-order chi connectivity index (χ0) is 30.7. The third-order valence-electron chi connectivity index (χ3n) is 7.80. The largest absolute Gasteiger partial charge is 0.208 e. The molecule has 0 saturated heterocycles. The van der Waals surface area contributed by atoms with Gasteiger partial charge in [0, 0.05) is 33.4 Å². The summed E-state index contributed by atoms with van der Waals surface area (Å²) in [5.74, 6) is 3.68. The van der Waals surface area contributed by atoms with E-state index in [2.05, 4.69) is 24.3 Å². The van der Waals surface area contributed by atoms with Gasteiger partial charge in [0.2, 0.25) is 0 Å². The molecule has 8 rings (SSSR count). The van der Waals surface area contributed by atoms with Crippen LogP contribution in [0.3, 0.4) is 0 Å². The van der Waals surface area contributed by atoms with Crippen molar-refractivity contribution in [3.63, 3.8) is 0 Å². The van der Waals surface area contributed by atoms with Crippen molar-refractivity contribution in [3.05, 3.63) is 158 Å². The SMILES string of the molecule is c1ccc(-c2nc(-c3ccccc3)nc(-c3cccc4c(-c5nc(-c6ccccc6)nc(-c6ccccc6)n5)cccc34)n2)cc1. The summed E-state index contributed by atoms with van der Waals surface area (Å²) in [6.07, 6.45) is 0. The molecule has 216 valence electrons. The fraction of sp³-hybridized carbons (Fsp3) is 0. The Hall–Kier alpha value is -6.40. The number of hydrogen-bond acceptors (Lipinski definition) is 6. The van der Waals surface area contributed by atoms with Crippen molar-refractivity contribution in [3.8, 4) is 68.3 Å². The molecule has 0 aliphatic heterocycles. The highest BCUT2D eigenvalue weighted by Gasteiger charge is 2.18. The monoisotopic (exact) mass is 590 g/mol. The van der Waals surface area contributed by atoms with E-state index in [0.717, 1.165) is 44.2 Å². The van der Waals surface area contributed by atoms with E-state index in [1.807, 2.05) is 133 Å². The summed E-state index contributed by atoms with van der Waals surface area (Å²) in [5, 5.41) is 1.99. The van der Waals surface area contributed by atoms with E-state index >= 15 is 0 Å². The predicted octanol–water partition coefficient (Wildman–Crippen LogP) is 9.21. The van der Waals surface area contributed by atoms with Crippen LogP contribution in [0.25, 0.3) is 79.1 Å². The van der Waals surface area contributed by atoms with E-state index < -0.39 is 0 Å². The Balaban J connectivity index is 1.33. The molecule has 0 N–H and O–H groups in total. The van der Waals surface area contributed by atoms with Crippen LogP contribution in [0.2, 0.25) is 0 Å². The second kappa shape index (κ2) is 11.9. The van der Waals surface area contributed by atoms with Gasteiger partial charge in [-0.15, -0.1) is 0 Å². The lowest BCUT2D eigenvalue weighted by Gasteiger charge is -2.13. The van der Waals surface area contributed by atoms with Crippen LogP contribution in [-0.4, -0.2) is 29.9 Å². The molecule has 0 spiro atoms. The molecule has 0 atom stereocenters. The molecule has 46 heavy (non-hydrogen) atoms. The first-order chi connectivity index (χ1) is 22.8. The van der Waals surface area contributed by atoms with E-state index in [0.29, 0.717) is 34.9 Å². The lowest BCUT2D eigenvalue weighted by molar-refractivity contribution is 1.07. The van der Waals surface area contributed by atoms with Gasteiger partial charge in [0.25, 0.3) is 0 Å². The number of aromatic nitrogens is 6. The lowest BCUT2D eigenvalue weighted by Crippen LogP contribution is -2.01. The predicted molar refractivity (Wildman–Crippen MR) is 183 cm³/mol. The Labute approximate surface area is 266 Å². The minimum absolute atomic E-state index is 0.598. The summed E-state index contributed by atoms with van der Waals surface area (Å²) in [6, 6.07) is 52.4. The second-order valence-electron chi connectivity index (χ2n) is 10.8. The third kappa shape index (κ3) is 5.29. The van der Waals surface area contributed by atoms with Crippen molar-refractivity contribution in [2.24, 2.45) is 0 Å². The number of fused-ring (bicyclic) bond motifs is 1. The molecule has 0 radical (unpaired) electrons. The summed E-state index contributed by atoms with van der Waals surface area (Å²) in [7, 11) is 0. The molecular weight excluding hydrogens is 564 g/mol. The molecule has 6 heteroatoms. The Bertz CT molecular complexity index is 2010. The average molecular weight is 591 g/mol. The molecule has 0 fully saturated rings. The Morgan fingerprint density at radius 3 is 0.761 bits per heavy atom. The van der Waals surface area contributed by atoms with Crippen molar-refractivity contribution < 1.29 is 0 Å². The van der Waals surface area contributed by atoms with E-state index in [1.165, 1.54) is 0 Å². The van der Waals surface area contributed by atoms with Gasteiger partial charge in [-0.05, 0) is 10.8 Å². The summed E-state index contributed by atoms with van der Waals surface area (Å²) in [6.45, 7) is 0. The van der Waals surface area contributed by atoms with Gasteiger partial charge in [-0.1, -0.05) is 158 Å². The first kappa shape index (κ1) is 27.2. The van der Waals surface area contributed by atoms with E-state index in [4.69, 9.17) is 29.9 Å². The lowest BCUT2D eigenvalue weighted by atomic mass is 9.99. The maximum atomic E-state index is 5.00. The minimum Gasteiger partial charge on any atom is -0.208 e. The van der Waals surface area contributed by atoms with Crippen LogP contribution in [0.5, 0.6) is 0 Å². The highest BCUT2D eigenvalue weighted by Crippen LogP contribution is 2.35. The number of nitrogens with zero attached hydrogens (tertiary/aromatic N) is 6. The number of rotatable bonds is 6. The molecular formula is C40H26N6. The highest BCUT2D eigenvalue weighted by atomic mass is 15.0. The van der Waals surface area contributed by atoms with Gasteiger partial charge in [0.1, 0.15) is 0 Å². The molecule has 6 aromatic carbocycles. The van der Waals surface area contributed by atoms with Crippen molar-refractivity contribution in [2.45, 2.75) is 0 Å². The molecule has 0 aliphatic rings. The maximum absolute atomic E-state index is 5.00. The van der Waals surface area contributed by atoms with Gasteiger partial charge in [-0.3, -0.25) is 0 Å². The van der Waals surface area contributed by atoms with Crippen molar-refractivity contribution in [2.75, 3.05) is 0 Å². The fourth-order valence-corrected chi connectivity index (χ4v) is 5.56. The first-order valence-corrected chi connectivity index (χ1v) is 15.1. The number of hydrogen-bond donors (Lipinski definition) is 0. The van der Waals surface area contributed by atoms with Crippen LogP contribution in [0.1, 0.15) is 0 Å². The molecule has 0 amide bonds. The molecule has 0 unspecified atom stereocenters. The van der Waals surface area contributed by atoms with E-state index in [1.54, 1.807) is 0 Å². The van der Waals surface area contributed by atoms with Crippen LogP contribution >= 0.6 is 0 Å². The molecule has 8 aromatic rings. The minimum atomic E-state index is 0.598. The first-order valence-electron chi connectivity index (χ1n) is 15.1. The summed E-state index contributed by atoms with van der Waals surface area (Å²) in [5.41, 5.74) is 5.51. The van der Waals surface area contributed by atoms with Crippen LogP contribution in [0.15, 0.2) is 158 Å². The summed E-state index contributed by atoms with van der Waals surface area (Å²) >= 11 is 0. The van der Waals surface area contributed by atoms with Gasteiger partial charge in [-0.2, -0.15) is 0 Å². The van der Waals surface area contributed by atoms with Gasteiger partial charge in [0.05, 0.1) is 0 Å². The highest BCUT2D eigenvalue weighted by molar-refractivity contribution is 6.03. The molecule has 0 bridgehead atoms. The Kier molecular flexibility index (Phi) is 7.05. The molecule has 2 heterocycles. The Morgan fingerprint density at radius 1 is 0.217 bits per heavy atom. The van der Waals surface area contributed by atoms with Crippen LogP contribution in [-0.2, 0) is 0 Å². The van der Waals surface area contributed by atoms with E-state index in [9.17, 15) is 0 Å². The smallest absolute Gasteiger partial charge is 0.164 e. The van der Waals surface area contributed by atoms with Gasteiger partial charge < -0.3 is 0 Å². The summed E-state index contributed by atoms with van der Waals surface area (Å²) in [4.78, 5) is 29.7. The van der Waals surface area contributed by atoms with E-state index in [-0.39, 0.29) is 0 Å². The van der Waals surface area contributed by atoms with Gasteiger partial charge in [-0.25, -0.2) is 29.9 Å². The second-order valence-corrected chi connectivity index (χ2v) is 10.8.